The van der Waals surface area contributed by atoms with Crippen molar-refractivity contribution in [1.29, 1.82) is 0 Å². The summed E-state index contributed by atoms with van der Waals surface area (Å²) in [7, 11) is 3.85. The molecule has 1 aliphatic heterocycles. The molecule has 0 amide bonds. The van der Waals surface area contributed by atoms with Crippen LogP contribution >= 0.6 is 11.6 Å². The molecule has 0 aliphatic carbocycles. The second-order valence-corrected chi connectivity index (χ2v) is 10.1. The summed E-state index contributed by atoms with van der Waals surface area (Å²) in [6.07, 6.45) is -0.241. The average molecular weight is 541 g/mol. The number of morpholine rings is 1. The summed E-state index contributed by atoms with van der Waals surface area (Å²) in [4.78, 5) is 27.2. The number of fused-ring (bicyclic) bond motifs is 1. The Hall–Kier alpha value is -3.60. The second kappa shape index (κ2) is 10.3. The molecule has 0 radical (unpaired) electrons. The van der Waals surface area contributed by atoms with E-state index in [1.165, 1.54) is 6.20 Å². The molecule has 198 valence electrons. The first-order chi connectivity index (χ1) is 18.1. The minimum Gasteiger partial charge on any atom is -0.382 e. The van der Waals surface area contributed by atoms with Crippen LogP contribution in [0.4, 0.5) is 20.3 Å². The van der Waals surface area contributed by atoms with Crippen LogP contribution in [0.5, 0.6) is 0 Å². The van der Waals surface area contributed by atoms with Crippen LogP contribution in [0.2, 0.25) is 5.02 Å². The molecule has 3 N–H and O–H groups in total. The second-order valence-electron chi connectivity index (χ2n) is 9.67. The van der Waals surface area contributed by atoms with Crippen LogP contribution in [0.1, 0.15) is 12.5 Å². The Morgan fingerprint density at radius 2 is 1.87 bits per heavy atom. The number of nitrogen functional groups attached to an aromatic ring is 1. The molecule has 3 heterocycles. The standard InChI is InChI=1S/C27H27ClF2N6O2/c1-14-11-36(13-22(29)38-14)21-7-5-15(8-17(21)12-35(2)3)23-25(30)34-26(31)24(33-23)16-4-6-18-19(9-16)20(28)10-32-27(18)37/h4-10,14,22H,11-13H2,1-3H3,(H2,31,34)(H,32,37)/t14-,22-/m1/s1. The minimum absolute atomic E-state index is 0.0246. The van der Waals surface area contributed by atoms with Crippen LogP contribution in [-0.4, -0.2) is 59.5 Å². The molecule has 11 heteroatoms. The summed E-state index contributed by atoms with van der Waals surface area (Å²) in [5.41, 5.74) is 8.86. The van der Waals surface area contributed by atoms with E-state index in [1.54, 1.807) is 24.3 Å². The monoisotopic (exact) mass is 540 g/mol. The zero-order valence-electron chi connectivity index (χ0n) is 21.1. The van der Waals surface area contributed by atoms with Gasteiger partial charge in [0.05, 0.1) is 17.7 Å². The molecular formula is C27H27ClF2N6O2. The quantitative estimate of drug-likeness (QED) is 0.381. The van der Waals surface area contributed by atoms with E-state index in [0.29, 0.717) is 40.0 Å². The Morgan fingerprint density at radius 3 is 2.61 bits per heavy atom. The van der Waals surface area contributed by atoms with E-state index >= 15 is 4.39 Å². The highest BCUT2D eigenvalue weighted by Crippen LogP contribution is 2.34. The minimum atomic E-state index is -1.39. The highest BCUT2D eigenvalue weighted by atomic mass is 35.5. The number of hydrogen-bond acceptors (Lipinski definition) is 7. The van der Waals surface area contributed by atoms with Crippen molar-refractivity contribution < 1.29 is 13.5 Å². The highest BCUT2D eigenvalue weighted by Gasteiger charge is 2.27. The molecule has 1 fully saturated rings. The van der Waals surface area contributed by atoms with Gasteiger partial charge in [-0.25, -0.2) is 9.37 Å². The molecule has 0 spiro atoms. The molecule has 2 aromatic carbocycles. The van der Waals surface area contributed by atoms with Crippen molar-refractivity contribution in [3.05, 3.63) is 69.5 Å². The van der Waals surface area contributed by atoms with Crippen molar-refractivity contribution in [2.75, 3.05) is 37.8 Å². The van der Waals surface area contributed by atoms with Gasteiger partial charge >= 0.3 is 0 Å². The number of pyridine rings is 1. The van der Waals surface area contributed by atoms with Gasteiger partial charge in [-0.2, -0.15) is 9.37 Å². The molecule has 2 atom stereocenters. The van der Waals surface area contributed by atoms with Crippen molar-refractivity contribution in [2.24, 2.45) is 0 Å². The number of benzene rings is 2. The molecule has 1 aliphatic rings. The normalized spacial score (nSPS) is 17.9. The number of halogens is 3. The van der Waals surface area contributed by atoms with E-state index in [0.717, 1.165) is 11.3 Å². The molecule has 0 unspecified atom stereocenters. The zero-order chi connectivity index (χ0) is 27.1. The summed E-state index contributed by atoms with van der Waals surface area (Å²) >= 11 is 6.30. The van der Waals surface area contributed by atoms with Gasteiger partial charge in [-0.05, 0) is 50.8 Å². The van der Waals surface area contributed by atoms with E-state index in [4.69, 9.17) is 22.1 Å². The Bertz CT molecular complexity index is 1570. The lowest BCUT2D eigenvalue weighted by molar-refractivity contribution is -0.0881. The van der Waals surface area contributed by atoms with Crippen LogP contribution in [0.25, 0.3) is 33.3 Å². The third-order valence-electron chi connectivity index (χ3n) is 6.41. The van der Waals surface area contributed by atoms with Crippen LogP contribution in [-0.2, 0) is 11.3 Å². The maximum atomic E-state index is 15.1. The maximum Gasteiger partial charge on any atom is 0.255 e. The Morgan fingerprint density at radius 1 is 1.13 bits per heavy atom. The van der Waals surface area contributed by atoms with E-state index in [-0.39, 0.29) is 35.4 Å². The Kier molecular flexibility index (Phi) is 7.04. The van der Waals surface area contributed by atoms with E-state index in [2.05, 4.69) is 15.0 Å². The fraction of sp³-hybridized carbons (Fsp3) is 0.296. The highest BCUT2D eigenvalue weighted by molar-refractivity contribution is 6.35. The zero-order valence-corrected chi connectivity index (χ0v) is 21.9. The van der Waals surface area contributed by atoms with E-state index < -0.39 is 12.3 Å². The summed E-state index contributed by atoms with van der Waals surface area (Å²) < 4.78 is 34.6. The lowest BCUT2D eigenvalue weighted by atomic mass is 10.0. The largest absolute Gasteiger partial charge is 0.382 e. The van der Waals surface area contributed by atoms with Gasteiger partial charge in [0.2, 0.25) is 12.3 Å². The van der Waals surface area contributed by atoms with Gasteiger partial charge in [0.25, 0.3) is 5.56 Å². The third kappa shape index (κ3) is 5.07. The van der Waals surface area contributed by atoms with E-state index in [1.807, 2.05) is 43.0 Å². The maximum absolute atomic E-state index is 15.1. The van der Waals surface area contributed by atoms with Gasteiger partial charge in [-0.1, -0.05) is 23.7 Å². The van der Waals surface area contributed by atoms with Crippen LogP contribution < -0.4 is 16.2 Å². The van der Waals surface area contributed by atoms with Crippen LogP contribution in [0.15, 0.2) is 47.4 Å². The number of ether oxygens (including phenoxy) is 1. The fourth-order valence-electron chi connectivity index (χ4n) is 4.80. The molecule has 5 rings (SSSR count). The summed E-state index contributed by atoms with van der Waals surface area (Å²) in [5, 5.41) is 1.28. The van der Waals surface area contributed by atoms with Crippen molar-refractivity contribution in [2.45, 2.75) is 25.9 Å². The topological polar surface area (TPSA) is 100 Å². The molecular weight excluding hydrogens is 514 g/mol. The van der Waals surface area contributed by atoms with Crippen LogP contribution in [0, 0.1) is 5.95 Å². The predicted molar refractivity (Wildman–Crippen MR) is 145 cm³/mol. The first kappa shape index (κ1) is 26.0. The molecule has 4 aromatic rings. The number of nitrogens with one attached hydrogen (secondary N) is 1. The van der Waals surface area contributed by atoms with Gasteiger partial charge in [0.1, 0.15) is 11.4 Å². The van der Waals surface area contributed by atoms with Crippen molar-refractivity contribution in [1.82, 2.24) is 19.9 Å². The lowest BCUT2D eigenvalue weighted by Crippen LogP contribution is -2.45. The number of H-pyrrole nitrogens is 1. The van der Waals surface area contributed by atoms with Gasteiger partial charge in [0.15, 0.2) is 5.82 Å². The molecule has 0 saturated carbocycles. The molecule has 8 nitrogen and oxygen atoms in total. The smallest absolute Gasteiger partial charge is 0.255 e. The number of aromatic nitrogens is 3. The van der Waals surface area contributed by atoms with Gasteiger partial charge in [0, 0.05) is 46.9 Å². The number of anilines is 2. The number of aromatic amines is 1. The summed E-state index contributed by atoms with van der Waals surface area (Å²) in [6.45, 7) is 3.02. The van der Waals surface area contributed by atoms with Gasteiger partial charge in [-0.3, -0.25) is 4.79 Å². The first-order valence-electron chi connectivity index (χ1n) is 12.1. The number of alkyl halides is 1. The van der Waals surface area contributed by atoms with Crippen molar-refractivity contribution >= 4 is 33.9 Å². The Labute approximate surface area is 223 Å². The fourth-order valence-corrected chi connectivity index (χ4v) is 5.01. The number of nitrogens with zero attached hydrogens (tertiary/aromatic N) is 4. The number of hydrogen-bond donors (Lipinski definition) is 2. The van der Waals surface area contributed by atoms with Gasteiger partial charge in [-0.15, -0.1) is 0 Å². The van der Waals surface area contributed by atoms with Gasteiger partial charge < -0.3 is 25.3 Å². The number of rotatable bonds is 5. The molecule has 2 aromatic heterocycles. The SMILES string of the molecule is C[C@@H]1CN(c2ccc(-c3nc(-c4ccc5c(=O)[nH]cc(Cl)c5c4)c(N)nc3F)cc2CN(C)C)C[C@H](F)O1. The first-order valence-corrected chi connectivity index (χ1v) is 12.5. The lowest BCUT2D eigenvalue weighted by Gasteiger charge is -2.36. The summed E-state index contributed by atoms with van der Waals surface area (Å²) in [5.74, 6) is -0.901. The molecule has 0 bridgehead atoms. The molecule has 1 saturated heterocycles. The summed E-state index contributed by atoms with van der Waals surface area (Å²) in [6, 6.07) is 10.4. The van der Waals surface area contributed by atoms with Crippen molar-refractivity contribution in [3.63, 3.8) is 0 Å². The van der Waals surface area contributed by atoms with E-state index in [9.17, 15) is 9.18 Å². The Balaban J connectivity index is 1.60. The van der Waals surface area contributed by atoms with Crippen LogP contribution in [0.3, 0.4) is 0 Å². The number of nitrogens with two attached hydrogens (primary N) is 1. The molecule has 38 heavy (non-hydrogen) atoms. The average Bonchev–Trinajstić information content (AvgIpc) is 2.85. The predicted octanol–water partition coefficient (Wildman–Crippen LogP) is 4.61. The third-order valence-corrected chi connectivity index (χ3v) is 6.72. The van der Waals surface area contributed by atoms with Crippen molar-refractivity contribution in [3.8, 4) is 22.5 Å².